The largest absolute Gasteiger partial charge is 0.463 e. The van der Waals surface area contributed by atoms with E-state index in [1.54, 1.807) is 6.92 Å². The summed E-state index contributed by atoms with van der Waals surface area (Å²) < 4.78 is 9.03. The Hall–Kier alpha value is -1.12. The molecule has 2 heterocycles. The Kier molecular flexibility index (Phi) is 4.43. The molecule has 1 aliphatic rings. The zero-order valence-electron chi connectivity index (χ0n) is 10.9. The fourth-order valence-corrected chi connectivity index (χ4v) is 2.83. The van der Waals surface area contributed by atoms with Crippen LogP contribution >= 0.6 is 24.2 Å². The second-order valence-electron chi connectivity index (χ2n) is 4.12. The molecule has 2 atom stereocenters. The van der Waals surface area contributed by atoms with Gasteiger partial charge in [0.05, 0.1) is 18.2 Å². The first-order valence-electron chi connectivity index (χ1n) is 5.92. The van der Waals surface area contributed by atoms with Crippen molar-refractivity contribution in [2.75, 3.05) is 6.61 Å². The highest BCUT2D eigenvalue weighted by Crippen LogP contribution is 2.30. The number of rotatable bonds is 3. The summed E-state index contributed by atoms with van der Waals surface area (Å²) in [6.07, 6.45) is 0. The maximum atomic E-state index is 12.1. The summed E-state index contributed by atoms with van der Waals surface area (Å²) in [6, 6.07) is -0.346. The van der Waals surface area contributed by atoms with Crippen molar-refractivity contribution in [3.8, 4) is 0 Å². The Bertz CT molecular complexity index is 515. The van der Waals surface area contributed by atoms with Gasteiger partial charge in [-0.25, -0.2) is 4.79 Å². The maximum absolute atomic E-state index is 12.1. The van der Waals surface area contributed by atoms with E-state index < -0.39 is 0 Å². The van der Waals surface area contributed by atoms with E-state index in [0.717, 1.165) is 16.3 Å². The maximum Gasteiger partial charge on any atom is 0.337 e. The Morgan fingerprint density at radius 1 is 1.53 bits per heavy atom. The first-order valence-corrected chi connectivity index (χ1v) is 7.21. The molecule has 1 aromatic rings. The lowest BCUT2D eigenvalue weighted by atomic mass is 9.99. The van der Waals surface area contributed by atoms with Crippen molar-refractivity contribution in [3.63, 3.8) is 0 Å². The van der Waals surface area contributed by atoms with Gasteiger partial charge in [-0.2, -0.15) is 0 Å². The van der Waals surface area contributed by atoms with Crippen LogP contribution in [0.3, 0.4) is 0 Å². The number of hydrogen-bond acceptors (Lipinski definition) is 8. The fourth-order valence-electron chi connectivity index (χ4n) is 1.98. The molecule has 19 heavy (non-hydrogen) atoms. The number of esters is 1. The number of carbonyl (C=O) groups is 1. The third-order valence-corrected chi connectivity index (χ3v) is 3.75. The summed E-state index contributed by atoms with van der Waals surface area (Å²) in [5.41, 5.74) is 1.77. The van der Waals surface area contributed by atoms with Crippen molar-refractivity contribution in [1.82, 2.24) is 20.2 Å². The lowest BCUT2D eigenvalue weighted by Gasteiger charge is -2.31. The Morgan fingerprint density at radius 3 is 2.84 bits per heavy atom. The van der Waals surface area contributed by atoms with Gasteiger partial charge in [-0.05, 0) is 32.3 Å². The van der Waals surface area contributed by atoms with E-state index in [2.05, 4.69) is 32.8 Å². The molecule has 0 amide bonds. The van der Waals surface area contributed by atoms with Gasteiger partial charge in [-0.1, -0.05) is 4.49 Å². The van der Waals surface area contributed by atoms with E-state index in [1.165, 1.54) is 11.5 Å². The van der Waals surface area contributed by atoms with Crippen LogP contribution in [0.1, 0.15) is 30.5 Å². The van der Waals surface area contributed by atoms with Gasteiger partial charge in [-0.3, -0.25) is 5.32 Å². The summed E-state index contributed by atoms with van der Waals surface area (Å²) in [6.45, 7) is 5.87. The SMILES string of the molecule is CCOC(=O)C1=C(C)NC(S)NC1c1nnsc1C. The smallest absolute Gasteiger partial charge is 0.337 e. The third kappa shape index (κ3) is 2.90. The molecule has 0 spiro atoms. The normalized spacial score (nSPS) is 23.2. The second kappa shape index (κ2) is 5.89. The summed E-state index contributed by atoms with van der Waals surface area (Å²) in [7, 11) is 0. The van der Waals surface area contributed by atoms with Crippen LogP contribution in [0.25, 0.3) is 0 Å². The molecule has 2 rings (SSSR count). The number of ether oxygens (including phenoxy) is 1. The van der Waals surface area contributed by atoms with E-state index in [9.17, 15) is 4.79 Å². The Morgan fingerprint density at radius 2 is 2.26 bits per heavy atom. The van der Waals surface area contributed by atoms with Crippen LogP contribution in [0.2, 0.25) is 0 Å². The minimum absolute atomic E-state index is 0.246. The molecule has 2 N–H and O–H groups in total. The summed E-state index contributed by atoms with van der Waals surface area (Å²) in [5.74, 6) is -0.349. The highest BCUT2D eigenvalue weighted by molar-refractivity contribution is 7.80. The molecule has 1 aromatic heterocycles. The van der Waals surface area contributed by atoms with Gasteiger partial charge in [0.2, 0.25) is 0 Å². The van der Waals surface area contributed by atoms with Crippen molar-refractivity contribution < 1.29 is 9.53 Å². The molecular formula is C11H16N4O2S2. The molecule has 0 fully saturated rings. The van der Waals surface area contributed by atoms with Crippen LogP contribution in [0, 0.1) is 6.92 Å². The molecule has 2 unspecified atom stereocenters. The lowest BCUT2D eigenvalue weighted by molar-refractivity contribution is -0.139. The highest BCUT2D eigenvalue weighted by atomic mass is 32.1. The van der Waals surface area contributed by atoms with Crippen LogP contribution in [0.4, 0.5) is 0 Å². The van der Waals surface area contributed by atoms with Gasteiger partial charge in [0.15, 0.2) is 0 Å². The van der Waals surface area contributed by atoms with Crippen LogP contribution in [0.5, 0.6) is 0 Å². The summed E-state index contributed by atoms with van der Waals surface area (Å²) >= 11 is 5.66. The highest BCUT2D eigenvalue weighted by Gasteiger charge is 2.34. The Labute approximate surface area is 121 Å². The van der Waals surface area contributed by atoms with E-state index >= 15 is 0 Å². The first kappa shape index (κ1) is 14.3. The van der Waals surface area contributed by atoms with Crippen LogP contribution in [0.15, 0.2) is 11.3 Å². The first-order chi connectivity index (χ1) is 9.04. The van der Waals surface area contributed by atoms with E-state index in [0.29, 0.717) is 12.2 Å². The van der Waals surface area contributed by atoms with Gasteiger partial charge >= 0.3 is 5.97 Å². The van der Waals surface area contributed by atoms with Gasteiger partial charge in [0.1, 0.15) is 11.2 Å². The van der Waals surface area contributed by atoms with E-state index in [-0.39, 0.29) is 17.5 Å². The van der Waals surface area contributed by atoms with Crippen molar-refractivity contribution in [2.45, 2.75) is 32.3 Å². The van der Waals surface area contributed by atoms with Crippen LogP contribution in [-0.4, -0.2) is 27.7 Å². The number of nitrogens with zero attached hydrogens (tertiary/aromatic N) is 2. The number of allylic oxidation sites excluding steroid dienone is 1. The van der Waals surface area contributed by atoms with E-state index in [4.69, 9.17) is 4.74 Å². The quantitative estimate of drug-likeness (QED) is 0.574. The van der Waals surface area contributed by atoms with Crippen molar-refractivity contribution >= 4 is 30.1 Å². The number of hydrogen-bond donors (Lipinski definition) is 3. The molecule has 0 aliphatic carbocycles. The average Bonchev–Trinajstić information content (AvgIpc) is 2.74. The lowest BCUT2D eigenvalue weighted by Crippen LogP contribution is -2.47. The van der Waals surface area contributed by atoms with Gasteiger partial charge < -0.3 is 10.1 Å². The molecule has 0 saturated heterocycles. The minimum Gasteiger partial charge on any atom is -0.463 e. The summed E-state index contributed by atoms with van der Waals surface area (Å²) in [4.78, 5) is 13.1. The van der Waals surface area contributed by atoms with Crippen molar-refractivity contribution in [2.24, 2.45) is 0 Å². The molecule has 104 valence electrons. The molecule has 0 saturated carbocycles. The average molecular weight is 300 g/mol. The van der Waals surface area contributed by atoms with Crippen molar-refractivity contribution in [1.29, 1.82) is 0 Å². The number of aryl methyl sites for hydroxylation is 1. The van der Waals surface area contributed by atoms with Crippen LogP contribution < -0.4 is 10.6 Å². The molecule has 8 heteroatoms. The number of aromatic nitrogens is 2. The van der Waals surface area contributed by atoms with Gasteiger partial charge in [0, 0.05) is 10.6 Å². The monoisotopic (exact) mass is 300 g/mol. The molecule has 0 bridgehead atoms. The predicted molar refractivity (Wildman–Crippen MR) is 75.8 cm³/mol. The fraction of sp³-hybridized carbons (Fsp3) is 0.545. The second-order valence-corrected chi connectivity index (χ2v) is 5.59. The molecule has 6 nitrogen and oxygen atoms in total. The van der Waals surface area contributed by atoms with Gasteiger partial charge in [0.25, 0.3) is 0 Å². The minimum atomic E-state index is -0.349. The molecular weight excluding hydrogens is 284 g/mol. The zero-order valence-corrected chi connectivity index (χ0v) is 12.6. The number of nitrogens with one attached hydrogen (secondary N) is 2. The third-order valence-electron chi connectivity index (χ3n) is 2.83. The molecule has 0 aromatic carbocycles. The van der Waals surface area contributed by atoms with E-state index in [1.807, 2.05) is 13.8 Å². The number of thiol groups is 1. The predicted octanol–water partition coefficient (Wildman–Crippen LogP) is 1.13. The standard InChI is InChI=1S/C11H16N4O2S2/c1-4-17-10(16)7-5(2)12-11(18)13-9(7)8-6(3)19-15-14-8/h9,11-13,18H,4H2,1-3H3. The van der Waals surface area contributed by atoms with Crippen LogP contribution in [-0.2, 0) is 9.53 Å². The molecule has 1 aliphatic heterocycles. The van der Waals surface area contributed by atoms with Gasteiger partial charge in [-0.15, -0.1) is 17.7 Å². The topological polar surface area (TPSA) is 76.1 Å². The number of carbonyl (C=O) groups excluding carboxylic acids is 1. The molecule has 0 radical (unpaired) electrons. The summed E-state index contributed by atoms with van der Waals surface area (Å²) in [5, 5.41) is 10.3. The zero-order chi connectivity index (χ0) is 14.0. The Balaban J connectivity index is 2.41. The van der Waals surface area contributed by atoms with Crippen molar-refractivity contribution in [3.05, 3.63) is 21.8 Å².